The molecule has 0 aliphatic carbocycles. The van der Waals surface area contributed by atoms with Gasteiger partial charge in [-0.1, -0.05) is 0 Å². The molecule has 2 rings (SSSR count). The standard InChI is InChI=1S/C16H20N2O5/c1-4-17(5-2)14(19)9-18-12-8-11(16(21)22)6-7-13(12)23-10(3)15(18)20/h6-8,10H,4-5,9H2,1-3H3,(H,21,22). The molecular formula is C16H20N2O5. The van der Waals surface area contributed by atoms with Crippen LogP contribution in [0.3, 0.4) is 0 Å². The number of benzene rings is 1. The Morgan fingerprint density at radius 1 is 1.30 bits per heavy atom. The first-order valence-electron chi connectivity index (χ1n) is 7.52. The van der Waals surface area contributed by atoms with E-state index >= 15 is 0 Å². The van der Waals surface area contributed by atoms with Crippen LogP contribution in [0.5, 0.6) is 5.75 Å². The van der Waals surface area contributed by atoms with E-state index in [1.807, 2.05) is 13.8 Å². The topological polar surface area (TPSA) is 87.2 Å². The summed E-state index contributed by atoms with van der Waals surface area (Å²) in [4.78, 5) is 38.8. The molecule has 7 heteroatoms. The summed E-state index contributed by atoms with van der Waals surface area (Å²) in [5.41, 5.74) is 0.350. The molecular weight excluding hydrogens is 300 g/mol. The van der Waals surface area contributed by atoms with E-state index in [1.54, 1.807) is 11.8 Å². The van der Waals surface area contributed by atoms with Crippen LogP contribution in [0.2, 0.25) is 0 Å². The lowest BCUT2D eigenvalue weighted by Crippen LogP contribution is -2.49. The van der Waals surface area contributed by atoms with Gasteiger partial charge in [-0.05, 0) is 39.0 Å². The van der Waals surface area contributed by atoms with Crippen LogP contribution >= 0.6 is 0 Å². The lowest BCUT2D eigenvalue weighted by Gasteiger charge is -2.34. The number of carboxylic acids is 1. The summed E-state index contributed by atoms with van der Waals surface area (Å²) in [5, 5.41) is 9.12. The lowest BCUT2D eigenvalue weighted by molar-refractivity contribution is -0.132. The number of hydrogen-bond donors (Lipinski definition) is 1. The number of anilines is 1. The molecule has 1 aliphatic heterocycles. The Bertz CT molecular complexity index is 639. The molecule has 124 valence electrons. The Hall–Kier alpha value is -2.57. The van der Waals surface area contributed by atoms with Crippen LogP contribution in [0.4, 0.5) is 5.69 Å². The van der Waals surface area contributed by atoms with Gasteiger partial charge in [-0.15, -0.1) is 0 Å². The van der Waals surface area contributed by atoms with Gasteiger partial charge in [0.25, 0.3) is 5.91 Å². The largest absolute Gasteiger partial charge is 0.479 e. The number of carbonyl (C=O) groups is 3. The zero-order valence-electron chi connectivity index (χ0n) is 13.4. The molecule has 1 unspecified atom stereocenters. The quantitative estimate of drug-likeness (QED) is 0.885. The first-order chi connectivity index (χ1) is 10.9. The van der Waals surface area contributed by atoms with Crippen molar-refractivity contribution in [3.8, 4) is 5.75 Å². The molecule has 1 aromatic carbocycles. The van der Waals surface area contributed by atoms with Crippen molar-refractivity contribution in [1.82, 2.24) is 4.90 Å². The molecule has 0 spiro atoms. The number of carbonyl (C=O) groups excluding carboxylic acids is 2. The van der Waals surface area contributed by atoms with Gasteiger partial charge in [-0.3, -0.25) is 14.5 Å². The van der Waals surface area contributed by atoms with Crippen molar-refractivity contribution in [2.24, 2.45) is 0 Å². The third-order valence-electron chi connectivity index (χ3n) is 3.82. The number of amides is 2. The maximum absolute atomic E-state index is 12.4. The second-order valence-corrected chi connectivity index (χ2v) is 5.24. The van der Waals surface area contributed by atoms with Crippen molar-refractivity contribution in [2.75, 3.05) is 24.5 Å². The second kappa shape index (κ2) is 6.68. The van der Waals surface area contributed by atoms with Crippen molar-refractivity contribution < 1.29 is 24.2 Å². The van der Waals surface area contributed by atoms with E-state index in [1.165, 1.54) is 23.1 Å². The molecule has 0 radical (unpaired) electrons. The molecule has 0 saturated carbocycles. The van der Waals surface area contributed by atoms with E-state index in [9.17, 15) is 14.4 Å². The van der Waals surface area contributed by atoms with Crippen LogP contribution in [-0.4, -0.2) is 53.5 Å². The van der Waals surface area contributed by atoms with Gasteiger partial charge in [-0.2, -0.15) is 0 Å². The van der Waals surface area contributed by atoms with Crippen LogP contribution in [0, 0.1) is 0 Å². The Morgan fingerprint density at radius 2 is 1.96 bits per heavy atom. The van der Waals surface area contributed by atoms with E-state index in [-0.39, 0.29) is 23.9 Å². The molecule has 1 heterocycles. The van der Waals surface area contributed by atoms with Crippen molar-refractivity contribution in [2.45, 2.75) is 26.9 Å². The van der Waals surface area contributed by atoms with E-state index in [2.05, 4.69) is 0 Å². The van der Waals surface area contributed by atoms with Crippen molar-refractivity contribution in [1.29, 1.82) is 0 Å². The Kier molecular flexibility index (Phi) is 4.88. The van der Waals surface area contributed by atoms with Crippen molar-refractivity contribution >= 4 is 23.5 Å². The fraction of sp³-hybridized carbons (Fsp3) is 0.438. The predicted octanol–water partition coefficient (Wildman–Crippen LogP) is 1.37. The number of aromatic carboxylic acids is 1. The summed E-state index contributed by atoms with van der Waals surface area (Å²) >= 11 is 0. The minimum atomic E-state index is -1.10. The summed E-state index contributed by atoms with van der Waals surface area (Å²) < 4.78 is 5.49. The molecule has 2 amide bonds. The van der Waals surface area contributed by atoms with Gasteiger partial charge in [0.1, 0.15) is 12.3 Å². The van der Waals surface area contributed by atoms with Gasteiger partial charge in [0.05, 0.1) is 11.3 Å². The van der Waals surface area contributed by atoms with Gasteiger partial charge in [0, 0.05) is 13.1 Å². The normalized spacial score (nSPS) is 16.6. The van der Waals surface area contributed by atoms with Gasteiger partial charge in [0.2, 0.25) is 5.91 Å². The Morgan fingerprint density at radius 3 is 2.52 bits per heavy atom. The van der Waals surface area contributed by atoms with Gasteiger partial charge in [0.15, 0.2) is 6.10 Å². The van der Waals surface area contributed by atoms with Crippen LogP contribution in [0.1, 0.15) is 31.1 Å². The molecule has 23 heavy (non-hydrogen) atoms. The fourth-order valence-electron chi connectivity index (χ4n) is 2.51. The average molecular weight is 320 g/mol. The highest BCUT2D eigenvalue weighted by Crippen LogP contribution is 2.34. The third kappa shape index (κ3) is 3.28. The monoisotopic (exact) mass is 320 g/mol. The minimum absolute atomic E-state index is 0.0370. The van der Waals surface area contributed by atoms with Crippen LogP contribution in [-0.2, 0) is 9.59 Å². The molecule has 0 fully saturated rings. The first-order valence-corrected chi connectivity index (χ1v) is 7.52. The van der Waals surface area contributed by atoms with Crippen LogP contribution in [0.25, 0.3) is 0 Å². The SMILES string of the molecule is CCN(CC)C(=O)CN1C(=O)C(C)Oc2ccc(C(=O)O)cc21. The second-order valence-electron chi connectivity index (χ2n) is 5.24. The summed E-state index contributed by atoms with van der Waals surface area (Å²) in [6, 6.07) is 4.28. The molecule has 0 aromatic heterocycles. The predicted molar refractivity (Wildman–Crippen MR) is 83.8 cm³/mol. The number of hydrogen-bond acceptors (Lipinski definition) is 4. The molecule has 0 bridgehead atoms. The van der Waals surface area contributed by atoms with Gasteiger partial charge in [-0.25, -0.2) is 4.79 Å². The lowest BCUT2D eigenvalue weighted by atomic mass is 10.1. The number of carboxylic acid groups (broad SMARTS) is 1. The smallest absolute Gasteiger partial charge is 0.335 e. The van der Waals surface area contributed by atoms with Crippen molar-refractivity contribution in [3.63, 3.8) is 0 Å². The van der Waals surface area contributed by atoms with E-state index in [0.717, 1.165) is 0 Å². The van der Waals surface area contributed by atoms with E-state index in [4.69, 9.17) is 9.84 Å². The Labute approximate surface area is 134 Å². The first kappa shape index (κ1) is 16.8. The molecule has 1 N–H and O–H groups in total. The molecule has 0 saturated heterocycles. The zero-order valence-corrected chi connectivity index (χ0v) is 13.4. The number of likely N-dealkylation sites (N-methyl/N-ethyl adjacent to an activating group) is 1. The highest BCUT2D eigenvalue weighted by molar-refractivity contribution is 6.04. The van der Waals surface area contributed by atoms with Crippen LogP contribution in [0.15, 0.2) is 18.2 Å². The molecule has 1 aliphatic rings. The summed E-state index contributed by atoms with van der Waals surface area (Å²) in [6.45, 7) is 6.29. The summed E-state index contributed by atoms with van der Waals surface area (Å²) in [7, 11) is 0. The number of ether oxygens (including phenoxy) is 1. The molecule has 1 aromatic rings. The van der Waals surface area contributed by atoms with Crippen molar-refractivity contribution in [3.05, 3.63) is 23.8 Å². The van der Waals surface area contributed by atoms with E-state index < -0.39 is 12.1 Å². The Balaban J connectivity index is 2.38. The van der Waals surface area contributed by atoms with E-state index in [0.29, 0.717) is 24.5 Å². The third-order valence-corrected chi connectivity index (χ3v) is 3.82. The van der Waals surface area contributed by atoms with Crippen LogP contribution < -0.4 is 9.64 Å². The number of fused-ring (bicyclic) bond motifs is 1. The van der Waals surface area contributed by atoms with Gasteiger partial charge >= 0.3 is 5.97 Å². The maximum Gasteiger partial charge on any atom is 0.335 e. The summed E-state index contributed by atoms with van der Waals surface area (Å²) in [6.07, 6.45) is -0.720. The highest BCUT2D eigenvalue weighted by atomic mass is 16.5. The zero-order chi connectivity index (χ0) is 17.1. The molecule has 7 nitrogen and oxygen atoms in total. The highest BCUT2D eigenvalue weighted by Gasteiger charge is 2.34. The fourth-order valence-corrected chi connectivity index (χ4v) is 2.51. The maximum atomic E-state index is 12.4. The minimum Gasteiger partial charge on any atom is -0.479 e. The molecule has 1 atom stereocenters. The van der Waals surface area contributed by atoms with Gasteiger partial charge < -0.3 is 14.7 Å². The number of rotatable bonds is 5. The average Bonchev–Trinajstić information content (AvgIpc) is 2.52. The summed E-state index contributed by atoms with van der Waals surface area (Å²) in [5.74, 6) is -1.26. The number of nitrogens with zero attached hydrogens (tertiary/aromatic N) is 2.